The predicted octanol–water partition coefficient (Wildman–Crippen LogP) is 1.51. The third kappa shape index (κ3) is 2.57. The topological polar surface area (TPSA) is 99.2 Å². The molecule has 8 nitrogen and oxygen atoms in total. The summed E-state index contributed by atoms with van der Waals surface area (Å²) in [5, 5.41) is 13.2. The maximum Gasteiger partial charge on any atom is 0.507 e. The molecule has 8 heteroatoms. The Kier molecular flexibility index (Phi) is 3.59. The molecular formula is C16H18N4O4. The number of aromatic nitrogens is 4. The van der Waals surface area contributed by atoms with E-state index in [9.17, 15) is 9.59 Å². The van der Waals surface area contributed by atoms with Gasteiger partial charge in [-0.25, -0.2) is 18.8 Å². The van der Waals surface area contributed by atoms with Crippen LogP contribution in [0.15, 0.2) is 17.1 Å². The van der Waals surface area contributed by atoms with E-state index in [1.165, 1.54) is 20.4 Å². The summed E-state index contributed by atoms with van der Waals surface area (Å²) in [4.78, 5) is 27.9. The second-order valence-electron chi connectivity index (χ2n) is 6.25. The highest BCUT2D eigenvalue weighted by Crippen LogP contribution is 2.24. The Morgan fingerprint density at radius 1 is 1.29 bits per heavy atom. The van der Waals surface area contributed by atoms with Gasteiger partial charge in [0.05, 0.1) is 12.2 Å². The van der Waals surface area contributed by atoms with Crippen molar-refractivity contribution >= 4 is 6.16 Å². The fourth-order valence-corrected chi connectivity index (χ4v) is 3.56. The van der Waals surface area contributed by atoms with Crippen molar-refractivity contribution in [1.29, 1.82) is 0 Å². The van der Waals surface area contributed by atoms with Gasteiger partial charge in [0.15, 0.2) is 6.23 Å². The van der Waals surface area contributed by atoms with Crippen molar-refractivity contribution in [2.24, 2.45) is 0 Å². The molecule has 24 heavy (non-hydrogen) atoms. The largest absolute Gasteiger partial charge is 0.507 e. The molecule has 2 aromatic rings. The first-order valence-corrected chi connectivity index (χ1v) is 8.16. The van der Waals surface area contributed by atoms with E-state index in [1.54, 1.807) is 0 Å². The molecule has 1 N–H and O–H groups in total. The van der Waals surface area contributed by atoms with Gasteiger partial charge in [-0.3, -0.25) is 4.98 Å². The highest BCUT2D eigenvalue weighted by atomic mass is 16.7. The van der Waals surface area contributed by atoms with E-state index in [1.807, 2.05) is 12.3 Å². The van der Waals surface area contributed by atoms with Crippen LogP contribution < -0.4 is 5.69 Å². The second-order valence-corrected chi connectivity index (χ2v) is 6.25. The predicted molar refractivity (Wildman–Crippen MR) is 82.9 cm³/mol. The molecular weight excluding hydrogens is 312 g/mol. The van der Waals surface area contributed by atoms with Gasteiger partial charge in [0, 0.05) is 19.0 Å². The SMILES string of the molecule is O=C(O)O[C@H]1CCCc2nn(Cc3cc4c(cn3)CCC4)c(=O)n21. The van der Waals surface area contributed by atoms with Crippen molar-refractivity contribution in [3.05, 3.63) is 45.4 Å². The zero-order chi connectivity index (χ0) is 16.7. The van der Waals surface area contributed by atoms with Crippen molar-refractivity contribution in [2.75, 3.05) is 0 Å². The van der Waals surface area contributed by atoms with Crippen LogP contribution >= 0.6 is 0 Å². The summed E-state index contributed by atoms with van der Waals surface area (Å²) in [6, 6.07) is 2.04. The molecule has 0 saturated carbocycles. The highest BCUT2D eigenvalue weighted by molar-refractivity contribution is 5.56. The summed E-state index contributed by atoms with van der Waals surface area (Å²) >= 11 is 0. The standard InChI is InChI=1S/C16H18N4O4/c21-15-19(9-12-7-10-3-1-4-11(10)8-17-12)18-13-5-2-6-14(20(13)15)24-16(22)23/h7-8,14H,1-6,9H2,(H,22,23)/t14-/m0/s1. The Morgan fingerprint density at radius 2 is 2.12 bits per heavy atom. The van der Waals surface area contributed by atoms with Crippen molar-refractivity contribution in [3.63, 3.8) is 0 Å². The van der Waals surface area contributed by atoms with Crippen molar-refractivity contribution in [1.82, 2.24) is 19.3 Å². The molecule has 0 amide bonds. The molecule has 126 valence electrons. The number of carboxylic acid groups (broad SMARTS) is 1. The third-order valence-electron chi connectivity index (χ3n) is 4.66. The minimum Gasteiger partial charge on any atom is -0.450 e. The van der Waals surface area contributed by atoms with Crippen LogP contribution in [0.3, 0.4) is 0 Å². The number of pyridine rings is 1. The first-order valence-electron chi connectivity index (χ1n) is 8.16. The number of fused-ring (bicyclic) bond motifs is 2. The van der Waals surface area contributed by atoms with Gasteiger partial charge in [0.2, 0.25) is 0 Å². The van der Waals surface area contributed by atoms with Gasteiger partial charge in [0.1, 0.15) is 5.82 Å². The number of carbonyl (C=O) groups is 1. The summed E-state index contributed by atoms with van der Waals surface area (Å²) in [6.07, 6.45) is 4.84. The van der Waals surface area contributed by atoms with Gasteiger partial charge < -0.3 is 9.84 Å². The van der Waals surface area contributed by atoms with Crippen LogP contribution in [-0.2, 0) is 30.5 Å². The lowest BCUT2D eigenvalue weighted by atomic mass is 10.1. The number of rotatable bonds is 3. The van der Waals surface area contributed by atoms with Crippen LogP contribution in [0.4, 0.5) is 4.79 Å². The van der Waals surface area contributed by atoms with E-state index in [2.05, 4.69) is 10.1 Å². The molecule has 0 fully saturated rings. The fourth-order valence-electron chi connectivity index (χ4n) is 3.56. The van der Waals surface area contributed by atoms with E-state index < -0.39 is 12.4 Å². The smallest absolute Gasteiger partial charge is 0.450 e. The minimum atomic E-state index is -1.38. The Balaban J connectivity index is 1.64. The van der Waals surface area contributed by atoms with Gasteiger partial charge in [-0.15, -0.1) is 0 Å². The summed E-state index contributed by atoms with van der Waals surface area (Å²) in [7, 11) is 0. The maximum absolute atomic E-state index is 12.6. The van der Waals surface area contributed by atoms with E-state index in [0.29, 0.717) is 18.7 Å². The number of hydrogen-bond donors (Lipinski definition) is 1. The highest BCUT2D eigenvalue weighted by Gasteiger charge is 2.28. The summed E-state index contributed by atoms with van der Waals surface area (Å²) in [5.41, 5.74) is 3.02. The number of aryl methyl sites for hydroxylation is 3. The molecule has 1 atom stereocenters. The first-order chi connectivity index (χ1) is 11.6. The van der Waals surface area contributed by atoms with Crippen molar-refractivity contribution < 1.29 is 14.6 Å². The lowest BCUT2D eigenvalue weighted by Crippen LogP contribution is -2.33. The molecule has 2 aromatic heterocycles. The molecule has 0 bridgehead atoms. The van der Waals surface area contributed by atoms with Gasteiger partial charge >= 0.3 is 11.8 Å². The van der Waals surface area contributed by atoms with Crippen molar-refractivity contribution in [2.45, 2.75) is 51.3 Å². The number of nitrogens with zero attached hydrogens (tertiary/aromatic N) is 4. The van der Waals surface area contributed by atoms with Crippen LogP contribution in [0.1, 0.15) is 48.1 Å². The Hall–Kier alpha value is -2.64. The number of ether oxygens (including phenoxy) is 1. The summed E-state index contributed by atoms with van der Waals surface area (Å²) in [6.45, 7) is 0.284. The van der Waals surface area contributed by atoms with Crippen LogP contribution in [0.2, 0.25) is 0 Å². The van der Waals surface area contributed by atoms with Crippen LogP contribution in [0.5, 0.6) is 0 Å². The summed E-state index contributed by atoms with van der Waals surface area (Å²) in [5.74, 6) is 0.568. The first kappa shape index (κ1) is 14.9. The summed E-state index contributed by atoms with van der Waals surface area (Å²) < 4.78 is 7.54. The van der Waals surface area contributed by atoms with E-state index in [0.717, 1.165) is 31.4 Å². The fraction of sp³-hybridized carbons (Fsp3) is 0.500. The van der Waals surface area contributed by atoms with Gasteiger partial charge in [-0.2, -0.15) is 5.10 Å². The Labute approximate surface area is 137 Å². The maximum atomic E-state index is 12.6. The van der Waals surface area contributed by atoms with Gasteiger partial charge in [-0.1, -0.05) is 0 Å². The van der Waals surface area contributed by atoms with Crippen LogP contribution in [-0.4, -0.2) is 30.6 Å². The van der Waals surface area contributed by atoms with E-state index in [-0.39, 0.29) is 12.2 Å². The Bertz CT molecular complexity index is 854. The Morgan fingerprint density at radius 3 is 2.96 bits per heavy atom. The van der Waals surface area contributed by atoms with E-state index >= 15 is 0 Å². The second kappa shape index (κ2) is 5.77. The van der Waals surface area contributed by atoms with Crippen LogP contribution in [0.25, 0.3) is 0 Å². The average molecular weight is 330 g/mol. The molecule has 0 unspecified atom stereocenters. The molecule has 0 spiro atoms. The zero-order valence-corrected chi connectivity index (χ0v) is 13.1. The molecule has 4 rings (SSSR count). The molecule has 3 heterocycles. The minimum absolute atomic E-state index is 0.284. The van der Waals surface area contributed by atoms with E-state index in [4.69, 9.17) is 9.84 Å². The van der Waals surface area contributed by atoms with Crippen molar-refractivity contribution in [3.8, 4) is 0 Å². The molecule has 0 radical (unpaired) electrons. The molecule has 0 saturated heterocycles. The lowest BCUT2D eigenvalue weighted by Gasteiger charge is -2.21. The number of hydrogen-bond acceptors (Lipinski definition) is 5. The zero-order valence-electron chi connectivity index (χ0n) is 13.1. The van der Waals surface area contributed by atoms with Crippen LogP contribution in [0, 0.1) is 0 Å². The van der Waals surface area contributed by atoms with Gasteiger partial charge in [-0.05, 0) is 42.9 Å². The average Bonchev–Trinajstić information content (AvgIpc) is 3.12. The normalized spacial score (nSPS) is 18.9. The monoisotopic (exact) mass is 330 g/mol. The third-order valence-corrected chi connectivity index (χ3v) is 4.66. The molecule has 0 aromatic carbocycles. The molecule has 1 aliphatic heterocycles. The van der Waals surface area contributed by atoms with Gasteiger partial charge in [0.25, 0.3) is 0 Å². The molecule has 2 aliphatic rings. The lowest BCUT2D eigenvalue weighted by molar-refractivity contribution is 0.00392. The molecule has 1 aliphatic carbocycles. The quantitative estimate of drug-likeness (QED) is 0.856.